The molecule has 0 aromatic heterocycles. The quantitative estimate of drug-likeness (QED) is 0.566. The molecule has 102 valence electrons. The summed E-state index contributed by atoms with van der Waals surface area (Å²) in [6.07, 6.45) is 0. The lowest BCUT2D eigenvalue weighted by Gasteiger charge is -2.31. The molecule has 17 heavy (non-hydrogen) atoms. The van der Waals surface area contributed by atoms with E-state index in [4.69, 9.17) is 9.47 Å². The van der Waals surface area contributed by atoms with Crippen molar-refractivity contribution in [2.45, 2.75) is 0 Å². The van der Waals surface area contributed by atoms with Gasteiger partial charge < -0.3 is 14.4 Å². The Balaban J connectivity index is 2.25. The molecule has 0 aromatic rings. The molecule has 1 aliphatic heterocycles. The molecule has 0 unspecified atom stereocenters. The molecule has 1 rings (SSSR count). The average molecular weight is 266 g/mol. The van der Waals surface area contributed by atoms with E-state index in [1.165, 1.54) is 0 Å². The van der Waals surface area contributed by atoms with Gasteiger partial charge in [-0.25, -0.2) is 8.42 Å². The van der Waals surface area contributed by atoms with Crippen LogP contribution in [-0.2, 0) is 19.5 Å². The van der Waals surface area contributed by atoms with Crippen LogP contribution in [0.5, 0.6) is 0 Å². The Kier molecular flexibility index (Phi) is 6.35. The summed E-state index contributed by atoms with van der Waals surface area (Å²) in [5, 5.41) is 0. The zero-order chi connectivity index (χ0) is 12.7. The fourth-order valence-corrected chi connectivity index (χ4v) is 2.91. The number of likely N-dealkylation sites (N-methyl/N-ethyl adjacent to an activating group) is 1. The minimum atomic E-state index is -3.15. The molecule has 0 bridgehead atoms. The molecule has 1 saturated heterocycles. The van der Waals surface area contributed by atoms with Crippen LogP contribution in [0.15, 0.2) is 0 Å². The normalized spacial score (nSPS) is 19.6. The van der Waals surface area contributed by atoms with E-state index in [9.17, 15) is 8.42 Å². The first-order chi connectivity index (χ1) is 8.06. The van der Waals surface area contributed by atoms with Crippen LogP contribution < -0.4 is 0 Å². The van der Waals surface area contributed by atoms with Crippen molar-refractivity contribution in [2.75, 3.05) is 65.9 Å². The fourth-order valence-electron chi connectivity index (χ4n) is 1.60. The van der Waals surface area contributed by atoms with E-state index in [2.05, 4.69) is 4.90 Å². The third-order valence-corrected chi connectivity index (χ3v) is 4.61. The summed E-state index contributed by atoms with van der Waals surface area (Å²) in [5.41, 5.74) is 0. The van der Waals surface area contributed by atoms with E-state index in [-0.39, 0.29) is 12.4 Å². The number of methoxy groups -OCH3 is 1. The van der Waals surface area contributed by atoms with Crippen LogP contribution in [0.2, 0.25) is 0 Å². The predicted octanol–water partition coefficient (Wildman–Crippen LogP) is -0.773. The minimum Gasteiger partial charge on any atom is -0.382 e. The van der Waals surface area contributed by atoms with Gasteiger partial charge in [0, 0.05) is 33.3 Å². The molecular weight excluding hydrogens is 244 g/mol. The van der Waals surface area contributed by atoms with E-state index >= 15 is 0 Å². The summed E-state index contributed by atoms with van der Waals surface area (Å²) in [6.45, 7) is 3.92. The van der Waals surface area contributed by atoms with Gasteiger partial charge in [0.15, 0.2) is 0 Å². The van der Waals surface area contributed by atoms with Crippen LogP contribution in [0.1, 0.15) is 0 Å². The third kappa shape index (κ3) is 5.31. The third-order valence-electron chi connectivity index (χ3n) is 2.77. The molecule has 0 saturated carbocycles. The molecule has 1 aliphatic rings. The van der Waals surface area contributed by atoms with Gasteiger partial charge in [0.25, 0.3) is 0 Å². The van der Waals surface area contributed by atoms with Crippen molar-refractivity contribution < 1.29 is 17.9 Å². The van der Waals surface area contributed by atoms with Gasteiger partial charge in [0.05, 0.1) is 25.6 Å². The molecule has 1 fully saturated rings. The molecule has 0 atom stereocenters. The molecule has 0 radical (unpaired) electrons. The molecule has 0 spiro atoms. The monoisotopic (exact) mass is 266 g/mol. The number of ether oxygens (including phenoxy) is 2. The Morgan fingerprint density at radius 3 is 2.29 bits per heavy atom. The van der Waals surface area contributed by atoms with Gasteiger partial charge in [0.1, 0.15) is 0 Å². The summed E-state index contributed by atoms with van der Waals surface area (Å²) < 4.78 is 35.4. The second kappa shape index (κ2) is 7.27. The van der Waals surface area contributed by atoms with Crippen molar-refractivity contribution in [3.8, 4) is 0 Å². The first-order valence-electron chi connectivity index (χ1n) is 5.79. The van der Waals surface area contributed by atoms with Crippen molar-refractivity contribution in [1.29, 1.82) is 0 Å². The smallest absolute Gasteiger partial charge is 0.216 e. The minimum absolute atomic E-state index is 0.0560. The number of hydrogen-bond acceptors (Lipinski definition) is 5. The van der Waals surface area contributed by atoms with Crippen molar-refractivity contribution in [1.82, 2.24) is 9.21 Å². The fraction of sp³-hybridized carbons (Fsp3) is 1.00. The Bertz CT molecular complexity index is 299. The van der Waals surface area contributed by atoms with Crippen LogP contribution in [0.25, 0.3) is 0 Å². The molecule has 1 heterocycles. The van der Waals surface area contributed by atoms with E-state index < -0.39 is 10.0 Å². The van der Waals surface area contributed by atoms with Crippen LogP contribution >= 0.6 is 0 Å². The van der Waals surface area contributed by atoms with Crippen molar-refractivity contribution in [3.63, 3.8) is 0 Å². The van der Waals surface area contributed by atoms with Gasteiger partial charge in [-0.2, -0.15) is 4.31 Å². The number of rotatable bonds is 7. The van der Waals surface area contributed by atoms with Crippen LogP contribution in [0, 0.1) is 0 Å². The number of piperazine rings is 1. The van der Waals surface area contributed by atoms with Crippen LogP contribution in [-0.4, -0.2) is 83.5 Å². The lowest BCUT2D eigenvalue weighted by molar-refractivity contribution is 0.0780. The first-order valence-corrected chi connectivity index (χ1v) is 7.40. The lowest BCUT2D eigenvalue weighted by Crippen LogP contribution is -2.48. The maximum Gasteiger partial charge on any atom is 0.216 e. The van der Waals surface area contributed by atoms with Gasteiger partial charge >= 0.3 is 0 Å². The van der Waals surface area contributed by atoms with Gasteiger partial charge in [-0.05, 0) is 7.05 Å². The molecule has 0 aliphatic carbocycles. The second-order valence-electron chi connectivity index (χ2n) is 4.12. The summed E-state index contributed by atoms with van der Waals surface area (Å²) in [5.74, 6) is 0.0560. The Hall–Kier alpha value is -0.210. The molecule has 0 N–H and O–H groups in total. The van der Waals surface area contributed by atoms with Crippen molar-refractivity contribution in [2.24, 2.45) is 0 Å². The zero-order valence-electron chi connectivity index (χ0n) is 10.6. The summed E-state index contributed by atoms with van der Waals surface area (Å²) in [4.78, 5) is 2.13. The molecule has 7 heteroatoms. The molecule has 0 aromatic carbocycles. The van der Waals surface area contributed by atoms with Crippen molar-refractivity contribution in [3.05, 3.63) is 0 Å². The van der Waals surface area contributed by atoms with E-state index in [1.807, 2.05) is 7.05 Å². The maximum absolute atomic E-state index is 11.9. The molecular formula is C10H22N2O4S. The number of sulfonamides is 1. The van der Waals surface area contributed by atoms with E-state index in [0.29, 0.717) is 26.3 Å². The van der Waals surface area contributed by atoms with Gasteiger partial charge in [0.2, 0.25) is 10.0 Å². The molecule has 6 nitrogen and oxygen atoms in total. The average Bonchev–Trinajstić information content (AvgIpc) is 2.29. The highest BCUT2D eigenvalue weighted by atomic mass is 32.2. The first kappa shape index (κ1) is 14.8. The highest BCUT2D eigenvalue weighted by molar-refractivity contribution is 7.89. The molecule has 0 amide bonds. The SMILES string of the molecule is COCCOCCS(=O)(=O)N1CCN(C)CC1. The van der Waals surface area contributed by atoms with Crippen molar-refractivity contribution >= 4 is 10.0 Å². The maximum atomic E-state index is 11.9. The van der Waals surface area contributed by atoms with Gasteiger partial charge in [-0.1, -0.05) is 0 Å². The topological polar surface area (TPSA) is 59.1 Å². The van der Waals surface area contributed by atoms with Crippen LogP contribution in [0.4, 0.5) is 0 Å². The Labute approximate surface area is 104 Å². The standard InChI is InChI=1S/C10H22N2O4S/c1-11-3-5-12(6-4-11)17(13,14)10-9-16-8-7-15-2/h3-10H2,1-2H3. The van der Waals surface area contributed by atoms with Gasteiger partial charge in [-0.3, -0.25) is 0 Å². The number of hydrogen-bond donors (Lipinski definition) is 0. The van der Waals surface area contributed by atoms with Crippen LogP contribution in [0.3, 0.4) is 0 Å². The summed E-state index contributed by atoms with van der Waals surface area (Å²) >= 11 is 0. The second-order valence-corrected chi connectivity index (χ2v) is 6.21. The van der Waals surface area contributed by atoms with Gasteiger partial charge in [-0.15, -0.1) is 0 Å². The van der Waals surface area contributed by atoms with E-state index in [0.717, 1.165) is 13.1 Å². The summed E-state index contributed by atoms with van der Waals surface area (Å²) in [7, 11) is 0.432. The number of nitrogens with zero attached hydrogens (tertiary/aromatic N) is 2. The lowest BCUT2D eigenvalue weighted by atomic mass is 10.4. The van der Waals surface area contributed by atoms with E-state index in [1.54, 1.807) is 11.4 Å². The predicted molar refractivity (Wildman–Crippen MR) is 65.6 cm³/mol. The highest BCUT2D eigenvalue weighted by Crippen LogP contribution is 2.06. The Morgan fingerprint density at radius 2 is 1.71 bits per heavy atom. The zero-order valence-corrected chi connectivity index (χ0v) is 11.4. The highest BCUT2D eigenvalue weighted by Gasteiger charge is 2.25. The summed E-state index contributed by atoms with van der Waals surface area (Å²) in [6, 6.07) is 0. The Morgan fingerprint density at radius 1 is 1.06 bits per heavy atom. The largest absolute Gasteiger partial charge is 0.382 e.